The van der Waals surface area contributed by atoms with Crippen LogP contribution in [0.5, 0.6) is 0 Å². The molecular formula is C6H17B6F. The summed E-state index contributed by atoms with van der Waals surface area (Å²) in [6, 6.07) is 0. The molecule has 2 atom stereocenters. The third-order valence-corrected chi connectivity index (χ3v) is 2.98. The summed E-state index contributed by atoms with van der Waals surface area (Å²) in [4.78, 5) is 0. The second-order valence-corrected chi connectivity index (χ2v) is 3.69. The van der Waals surface area contributed by atoms with Gasteiger partial charge in [-0.05, 0) is 0 Å². The Balaban J connectivity index is 4.11. The zero-order valence-electron chi connectivity index (χ0n) is 9.22. The van der Waals surface area contributed by atoms with E-state index in [0.29, 0.717) is 14.0 Å². The van der Waals surface area contributed by atoms with E-state index in [2.05, 4.69) is 31.4 Å². The summed E-state index contributed by atoms with van der Waals surface area (Å²) >= 11 is 0. The minimum absolute atomic E-state index is 0.230. The van der Waals surface area contributed by atoms with Crippen molar-refractivity contribution in [3.8, 4) is 0 Å². The molecule has 0 saturated heterocycles. The number of hydrogen-bond donors (Lipinski definition) is 0. The van der Waals surface area contributed by atoms with Crippen molar-refractivity contribution in [2.75, 3.05) is 0 Å². The fraction of sp³-hybridized carbons (Fsp3) is 0.833. The van der Waals surface area contributed by atoms with Gasteiger partial charge in [-0.15, -0.1) is 0 Å². The molecule has 0 fully saturated rings. The summed E-state index contributed by atoms with van der Waals surface area (Å²) in [5.41, 5.74) is 0. The van der Waals surface area contributed by atoms with Crippen LogP contribution >= 0.6 is 0 Å². The molecule has 0 N–H and O–H groups in total. The Morgan fingerprint density at radius 2 is 1.92 bits per heavy atom. The van der Waals surface area contributed by atoms with E-state index in [1.807, 2.05) is 0 Å². The summed E-state index contributed by atoms with van der Waals surface area (Å²) in [6.45, 7) is 0.542. The molecule has 13 heavy (non-hydrogen) atoms. The van der Waals surface area contributed by atoms with E-state index in [1.165, 1.54) is 0 Å². The molecule has 0 bridgehead atoms. The average Bonchev–Trinajstić information content (AvgIpc) is 2.14. The molecular weight excluding hydrogens is 156 g/mol. The van der Waals surface area contributed by atoms with Crippen molar-refractivity contribution >= 4 is 45.4 Å². The molecule has 0 amide bonds. The monoisotopic (exact) mass is 174 g/mol. The normalized spacial score (nSPS) is 14.8. The fourth-order valence-corrected chi connectivity index (χ4v) is 2.11. The van der Waals surface area contributed by atoms with Crippen LogP contribution in [0.25, 0.3) is 0 Å². The van der Waals surface area contributed by atoms with Crippen molar-refractivity contribution in [3.05, 3.63) is 6.22 Å². The van der Waals surface area contributed by atoms with Crippen molar-refractivity contribution in [1.82, 2.24) is 0 Å². The fourth-order valence-electron chi connectivity index (χ4n) is 2.11. The third-order valence-electron chi connectivity index (χ3n) is 2.98. The first-order valence-corrected chi connectivity index (χ1v) is 5.46. The maximum atomic E-state index is 13.6. The van der Waals surface area contributed by atoms with Crippen molar-refractivity contribution in [1.29, 1.82) is 0 Å². The second-order valence-electron chi connectivity index (χ2n) is 3.69. The Hall–Kier alpha value is 0.320. The van der Waals surface area contributed by atoms with Gasteiger partial charge < -0.3 is 0 Å². The van der Waals surface area contributed by atoms with Gasteiger partial charge in [0.2, 0.25) is 0 Å². The first-order valence-electron chi connectivity index (χ1n) is 5.46. The zero-order chi connectivity index (χ0) is 10.3. The van der Waals surface area contributed by atoms with Crippen molar-refractivity contribution in [2.24, 2.45) is 0 Å². The predicted molar refractivity (Wildman–Crippen MR) is 73.1 cm³/mol. The molecule has 0 aliphatic heterocycles. The molecule has 0 radical (unpaired) electrons. The Morgan fingerprint density at radius 1 is 1.38 bits per heavy atom. The van der Waals surface area contributed by atoms with Crippen LogP contribution in [0.4, 0.5) is 4.39 Å². The van der Waals surface area contributed by atoms with E-state index in [9.17, 15) is 4.39 Å². The summed E-state index contributed by atoms with van der Waals surface area (Å²) < 4.78 is 13.6. The van der Waals surface area contributed by atoms with Crippen LogP contribution in [0.3, 0.4) is 0 Å². The van der Waals surface area contributed by atoms with E-state index in [0.717, 1.165) is 18.8 Å². The van der Waals surface area contributed by atoms with E-state index in [-0.39, 0.29) is 5.82 Å². The summed E-state index contributed by atoms with van der Waals surface area (Å²) in [7, 11) is 10.5. The number of hydrogen-bond acceptors (Lipinski definition) is 0. The summed E-state index contributed by atoms with van der Waals surface area (Å²) in [6.07, 6.45) is 4.13. The Labute approximate surface area is 87.1 Å². The van der Waals surface area contributed by atoms with Gasteiger partial charge in [-0.3, -0.25) is 0 Å². The van der Waals surface area contributed by atoms with Crippen LogP contribution in [-0.4, -0.2) is 51.4 Å². The van der Waals surface area contributed by atoms with Crippen molar-refractivity contribution < 1.29 is 4.39 Å². The van der Waals surface area contributed by atoms with Crippen LogP contribution in [0.2, 0.25) is 24.6 Å². The van der Waals surface area contributed by atoms with Gasteiger partial charge >= 0.3 is 86.6 Å². The molecule has 0 aromatic carbocycles. The summed E-state index contributed by atoms with van der Waals surface area (Å²) in [5, 5.41) is 0. The average molecular weight is 173 g/mol. The Bertz CT molecular complexity index is 120. The van der Waals surface area contributed by atoms with Crippen LogP contribution in [0.1, 0.15) is 0 Å². The Morgan fingerprint density at radius 3 is 2.23 bits per heavy atom. The molecule has 0 rings (SSSR count). The van der Waals surface area contributed by atoms with Gasteiger partial charge in [0.15, 0.2) is 0 Å². The number of rotatable bonds is 7. The molecule has 0 heterocycles. The predicted octanol–water partition coefficient (Wildman–Crippen LogP) is -2.16. The van der Waals surface area contributed by atoms with Gasteiger partial charge in [-0.25, -0.2) is 0 Å². The zero-order valence-corrected chi connectivity index (χ0v) is 9.22. The van der Waals surface area contributed by atoms with Gasteiger partial charge in [0.1, 0.15) is 0 Å². The first-order chi connectivity index (χ1) is 6.21. The third kappa shape index (κ3) is 4.37. The van der Waals surface area contributed by atoms with Crippen molar-refractivity contribution in [2.45, 2.75) is 30.6 Å². The standard InChI is InChI=1S/C6H17B6F/c7-1-5(6(13)11-2-8)12(3-9)4-10/h2,5-6,8,11H,1,3-4,7,9-10H2. The molecule has 0 aliphatic carbocycles. The SMILES string of the molecule is [BH+][CH-]BC(F)C(CB)B(CB)CB. The molecule has 0 aliphatic rings. The van der Waals surface area contributed by atoms with Crippen LogP contribution in [0, 0.1) is 6.22 Å². The molecule has 0 nitrogen and oxygen atoms in total. The first kappa shape index (κ1) is 13.3. The molecule has 66 valence electrons. The van der Waals surface area contributed by atoms with Gasteiger partial charge in [0.05, 0.1) is 0 Å². The van der Waals surface area contributed by atoms with Crippen molar-refractivity contribution in [3.63, 3.8) is 0 Å². The molecule has 2 unspecified atom stereocenters. The second kappa shape index (κ2) is 7.70. The van der Waals surface area contributed by atoms with Crippen LogP contribution in [-0.2, 0) is 0 Å². The maximum absolute atomic E-state index is 13.6. The molecule has 7 heteroatoms. The molecule has 0 saturated carbocycles. The minimum atomic E-state index is -0.688. The summed E-state index contributed by atoms with van der Waals surface area (Å²) in [5.74, 6) is 0.230. The van der Waals surface area contributed by atoms with Gasteiger partial charge in [0, 0.05) is 0 Å². The van der Waals surface area contributed by atoms with E-state index < -0.39 is 6.07 Å². The Kier molecular flexibility index (Phi) is 7.89. The van der Waals surface area contributed by atoms with Crippen LogP contribution < -0.4 is 0 Å². The number of halogens is 1. The molecule has 0 aromatic rings. The van der Waals surface area contributed by atoms with Gasteiger partial charge in [-0.2, -0.15) is 0 Å². The van der Waals surface area contributed by atoms with E-state index >= 15 is 0 Å². The molecule has 0 aromatic heterocycles. The topological polar surface area (TPSA) is 0 Å². The number of alkyl halides is 1. The quantitative estimate of drug-likeness (QED) is 0.304. The van der Waals surface area contributed by atoms with Crippen LogP contribution in [0.15, 0.2) is 0 Å². The van der Waals surface area contributed by atoms with Gasteiger partial charge in [0.25, 0.3) is 0 Å². The molecule has 0 spiro atoms. The van der Waals surface area contributed by atoms with E-state index in [1.54, 1.807) is 6.22 Å². The van der Waals surface area contributed by atoms with Gasteiger partial charge in [-0.1, -0.05) is 0 Å². The van der Waals surface area contributed by atoms with E-state index in [4.69, 9.17) is 0 Å².